The van der Waals surface area contributed by atoms with Crippen LogP contribution in [0.5, 0.6) is 5.75 Å². The third-order valence-corrected chi connectivity index (χ3v) is 2.61. The fraction of sp³-hybridized carbons (Fsp3) is 0.200. The lowest BCUT2D eigenvalue weighted by Crippen LogP contribution is -2.17. The number of allylic oxidation sites excluding steroid dienone is 4. The van der Waals surface area contributed by atoms with E-state index in [9.17, 15) is 0 Å². The molecule has 0 atom stereocenters. The largest absolute Gasteiger partial charge is 0.492 e. The molecule has 0 radical (unpaired) electrons. The summed E-state index contributed by atoms with van der Waals surface area (Å²) in [6.45, 7) is 1.49. The molecule has 0 fully saturated rings. The molecule has 94 valence electrons. The van der Waals surface area contributed by atoms with Gasteiger partial charge in [0, 0.05) is 12.4 Å². The summed E-state index contributed by atoms with van der Waals surface area (Å²) >= 11 is 0. The van der Waals surface area contributed by atoms with E-state index in [1.807, 2.05) is 61.0 Å². The first-order valence-corrected chi connectivity index (χ1v) is 5.98. The van der Waals surface area contributed by atoms with Crippen LogP contribution in [-0.2, 0) is 6.61 Å². The Bertz CT molecular complexity index is 430. The predicted molar refractivity (Wildman–Crippen MR) is 72.0 cm³/mol. The van der Waals surface area contributed by atoms with Crippen LogP contribution in [0.15, 0.2) is 61.0 Å². The lowest BCUT2D eigenvalue weighted by Gasteiger charge is -2.15. The van der Waals surface area contributed by atoms with Gasteiger partial charge in [0.05, 0.1) is 13.2 Å². The van der Waals surface area contributed by atoms with Crippen molar-refractivity contribution in [3.05, 3.63) is 66.5 Å². The van der Waals surface area contributed by atoms with Crippen LogP contribution in [0.3, 0.4) is 0 Å². The van der Waals surface area contributed by atoms with Crippen molar-refractivity contribution in [3.8, 4) is 5.75 Å². The monoisotopic (exact) mass is 243 g/mol. The maximum Gasteiger partial charge on any atom is 0.119 e. The molecule has 0 bridgehead atoms. The lowest BCUT2D eigenvalue weighted by atomic mass is 10.2. The minimum absolute atomic E-state index is 0.0661. The van der Waals surface area contributed by atoms with Gasteiger partial charge in [-0.1, -0.05) is 24.3 Å². The highest BCUT2D eigenvalue weighted by molar-refractivity contribution is 5.26. The van der Waals surface area contributed by atoms with Gasteiger partial charge >= 0.3 is 0 Å². The van der Waals surface area contributed by atoms with E-state index in [1.165, 1.54) is 0 Å². The van der Waals surface area contributed by atoms with Crippen molar-refractivity contribution in [3.63, 3.8) is 0 Å². The second-order valence-electron chi connectivity index (χ2n) is 3.96. The number of aliphatic hydroxyl groups excluding tert-OH is 1. The topological polar surface area (TPSA) is 32.7 Å². The maximum atomic E-state index is 8.93. The molecule has 0 saturated carbocycles. The molecule has 1 aromatic carbocycles. The van der Waals surface area contributed by atoms with E-state index >= 15 is 0 Å². The second-order valence-corrected chi connectivity index (χ2v) is 3.96. The average Bonchev–Trinajstić information content (AvgIpc) is 2.68. The van der Waals surface area contributed by atoms with Gasteiger partial charge in [-0.25, -0.2) is 0 Å². The van der Waals surface area contributed by atoms with Crippen molar-refractivity contribution in [2.45, 2.75) is 6.61 Å². The molecule has 18 heavy (non-hydrogen) atoms. The van der Waals surface area contributed by atoms with Gasteiger partial charge in [-0.2, -0.15) is 0 Å². The van der Waals surface area contributed by atoms with E-state index in [0.717, 1.165) is 17.9 Å². The Balaban J connectivity index is 1.77. The predicted octanol–water partition coefficient (Wildman–Crippen LogP) is 2.46. The van der Waals surface area contributed by atoms with Crippen molar-refractivity contribution in [2.24, 2.45) is 0 Å². The maximum absolute atomic E-state index is 8.93. The Kier molecular flexibility index (Phi) is 4.61. The van der Waals surface area contributed by atoms with Crippen molar-refractivity contribution in [1.82, 2.24) is 4.90 Å². The number of nitrogens with zero attached hydrogens (tertiary/aromatic N) is 1. The lowest BCUT2D eigenvalue weighted by molar-refractivity contribution is 0.278. The van der Waals surface area contributed by atoms with Crippen molar-refractivity contribution in [2.75, 3.05) is 13.2 Å². The zero-order valence-corrected chi connectivity index (χ0v) is 10.2. The Hall–Kier alpha value is -2.00. The van der Waals surface area contributed by atoms with Crippen LogP contribution < -0.4 is 4.74 Å². The Labute approximate surface area is 107 Å². The molecular weight excluding hydrogens is 226 g/mol. The van der Waals surface area contributed by atoms with Crippen LogP contribution >= 0.6 is 0 Å². The van der Waals surface area contributed by atoms with Gasteiger partial charge in [-0.3, -0.25) is 0 Å². The molecule has 1 N–H and O–H groups in total. The summed E-state index contributed by atoms with van der Waals surface area (Å²) in [5, 5.41) is 8.93. The van der Waals surface area contributed by atoms with E-state index in [1.54, 1.807) is 0 Å². The van der Waals surface area contributed by atoms with E-state index < -0.39 is 0 Å². The Morgan fingerprint density at radius 3 is 2.22 bits per heavy atom. The van der Waals surface area contributed by atoms with Crippen LogP contribution in [0.25, 0.3) is 0 Å². The summed E-state index contributed by atoms with van der Waals surface area (Å²) < 4.78 is 5.64. The molecule has 2 rings (SSSR count). The molecule has 1 aromatic rings. The zero-order valence-electron chi connectivity index (χ0n) is 10.2. The summed E-state index contributed by atoms with van der Waals surface area (Å²) in [6, 6.07) is 7.48. The summed E-state index contributed by atoms with van der Waals surface area (Å²) in [5.41, 5.74) is 0.895. The average molecular weight is 243 g/mol. The van der Waals surface area contributed by atoms with Gasteiger partial charge in [-0.15, -0.1) is 0 Å². The van der Waals surface area contributed by atoms with Crippen molar-refractivity contribution >= 4 is 0 Å². The van der Waals surface area contributed by atoms with Gasteiger partial charge < -0.3 is 14.7 Å². The number of rotatable bonds is 5. The molecule has 0 saturated heterocycles. The first kappa shape index (κ1) is 12.5. The van der Waals surface area contributed by atoms with E-state index in [0.29, 0.717) is 6.61 Å². The van der Waals surface area contributed by atoms with Gasteiger partial charge in [0.2, 0.25) is 0 Å². The van der Waals surface area contributed by atoms with E-state index in [-0.39, 0.29) is 6.61 Å². The highest BCUT2D eigenvalue weighted by Gasteiger charge is 1.98. The van der Waals surface area contributed by atoms with Gasteiger partial charge in [0.1, 0.15) is 12.4 Å². The molecule has 1 aliphatic rings. The quantitative estimate of drug-likeness (QED) is 0.862. The highest BCUT2D eigenvalue weighted by Crippen LogP contribution is 2.12. The SMILES string of the molecule is OCc1ccc(OCCN2C=CC=CC=C2)cc1. The summed E-state index contributed by atoms with van der Waals surface area (Å²) in [6.07, 6.45) is 12.0. The molecule has 0 amide bonds. The minimum Gasteiger partial charge on any atom is -0.492 e. The van der Waals surface area contributed by atoms with Crippen molar-refractivity contribution in [1.29, 1.82) is 0 Å². The molecule has 0 aromatic heterocycles. The second kappa shape index (κ2) is 6.67. The van der Waals surface area contributed by atoms with Crippen LogP contribution in [-0.4, -0.2) is 23.2 Å². The molecule has 1 heterocycles. The molecular formula is C15H17NO2. The Morgan fingerprint density at radius 1 is 0.944 bits per heavy atom. The third kappa shape index (κ3) is 3.79. The smallest absolute Gasteiger partial charge is 0.119 e. The van der Waals surface area contributed by atoms with Crippen LogP contribution in [0.4, 0.5) is 0 Å². The van der Waals surface area contributed by atoms with Crippen molar-refractivity contribution < 1.29 is 9.84 Å². The van der Waals surface area contributed by atoms with Gasteiger partial charge in [0.15, 0.2) is 0 Å². The normalized spacial score (nSPS) is 13.7. The molecule has 0 unspecified atom stereocenters. The number of ether oxygens (including phenoxy) is 1. The molecule has 1 aliphatic heterocycles. The van der Waals surface area contributed by atoms with Crippen LogP contribution in [0, 0.1) is 0 Å². The third-order valence-electron chi connectivity index (χ3n) is 2.61. The molecule has 0 aliphatic carbocycles. The number of aliphatic hydroxyl groups is 1. The highest BCUT2D eigenvalue weighted by atomic mass is 16.5. The minimum atomic E-state index is 0.0661. The molecule has 3 heteroatoms. The summed E-state index contributed by atoms with van der Waals surface area (Å²) in [5.74, 6) is 0.827. The number of hydrogen-bond donors (Lipinski definition) is 1. The summed E-state index contributed by atoms with van der Waals surface area (Å²) in [7, 11) is 0. The summed E-state index contributed by atoms with van der Waals surface area (Å²) in [4.78, 5) is 2.07. The molecule has 3 nitrogen and oxygen atoms in total. The Morgan fingerprint density at radius 2 is 1.61 bits per heavy atom. The van der Waals surface area contributed by atoms with Gasteiger partial charge in [-0.05, 0) is 29.8 Å². The van der Waals surface area contributed by atoms with Crippen LogP contribution in [0.1, 0.15) is 5.56 Å². The standard InChI is InChI=1S/C15H17NO2/c17-13-14-5-7-15(8-6-14)18-12-11-16-9-3-1-2-4-10-16/h1-10,17H,11-13H2. The zero-order chi connectivity index (χ0) is 12.6. The van der Waals surface area contributed by atoms with Gasteiger partial charge in [0.25, 0.3) is 0 Å². The first-order valence-electron chi connectivity index (χ1n) is 5.98. The first-order chi connectivity index (χ1) is 8.88. The van der Waals surface area contributed by atoms with E-state index in [4.69, 9.17) is 9.84 Å². The van der Waals surface area contributed by atoms with E-state index in [2.05, 4.69) is 4.90 Å². The fourth-order valence-electron chi connectivity index (χ4n) is 1.61. The molecule has 0 spiro atoms. The number of hydrogen-bond acceptors (Lipinski definition) is 3. The fourth-order valence-corrected chi connectivity index (χ4v) is 1.61. The number of benzene rings is 1. The van der Waals surface area contributed by atoms with Crippen LogP contribution in [0.2, 0.25) is 0 Å².